The van der Waals surface area contributed by atoms with Crippen LogP contribution < -0.4 is 15.4 Å². The lowest BCUT2D eigenvalue weighted by Gasteiger charge is -2.09. The number of hydrogen-bond acceptors (Lipinski definition) is 5. The maximum Gasteiger partial charge on any atom is 0.306 e. The number of para-hydroxylation sites is 1. The first-order chi connectivity index (χ1) is 16.8. The topological polar surface area (TPSA) is 93.7 Å². The smallest absolute Gasteiger partial charge is 0.306 e. The van der Waals surface area contributed by atoms with Crippen molar-refractivity contribution in [3.8, 4) is 11.5 Å². The average Bonchev–Trinajstić information content (AvgIpc) is 2.80. The quantitative estimate of drug-likeness (QED) is 0.335. The molecule has 0 bridgehead atoms. The highest BCUT2D eigenvalue weighted by Crippen LogP contribution is 2.29. The van der Waals surface area contributed by atoms with Crippen LogP contribution in [0.15, 0.2) is 66.7 Å². The van der Waals surface area contributed by atoms with Gasteiger partial charge in [-0.05, 0) is 79.9 Å². The molecule has 2 amide bonds. The molecule has 7 nitrogen and oxygen atoms in total. The van der Waals surface area contributed by atoms with E-state index in [0.717, 1.165) is 11.1 Å². The number of anilines is 2. The van der Waals surface area contributed by atoms with E-state index in [1.54, 1.807) is 36.4 Å². The van der Waals surface area contributed by atoms with Crippen LogP contribution in [0, 0.1) is 13.8 Å². The van der Waals surface area contributed by atoms with Gasteiger partial charge >= 0.3 is 5.97 Å². The van der Waals surface area contributed by atoms with Gasteiger partial charge in [0.2, 0.25) is 5.91 Å². The Morgan fingerprint density at radius 1 is 0.800 bits per heavy atom. The summed E-state index contributed by atoms with van der Waals surface area (Å²) in [7, 11) is 0. The standard InChI is InChI=1S/C27H27ClN2O5/c1-18-14-19(2)16-21(15-18)30-26(32)17-34-27(33)9-5-8-25(31)29-20-10-12-22(13-11-20)35-24-7-4-3-6-23(24)28/h3-4,6-7,10-16H,5,8-9,17H2,1-2H3,(H,29,31)(H,30,32). The van der Waals surface area contributed by atoms with E-state index in [4.69, 9.17) is 21.1 Å². The number of carbonyl (C=O) groups excluding carboxylic acids is 3. The fourth-order valence-electron chi connectivity index (χ4n) is 3.34. The predicted molar refractivity (Wildman–Crippen MR) is 136 cm³/mol. The van der Waals surface area contributed by atoms with Crippen molar-refractivity contribution in [2.75, 3.05) is 17.2 Å². The first kappa shape index (κ1) is 25.8. The molecule has 182 valence electrons. The van der Waals surface area contributed by atoms with Gasteiger partial charge < -0.3 is 20.1 Å². The average molecular weight is 495 g/mol. The second-order valence-electron chi connectivity index (χ2n) is 8.04. The van der Waals surface area contributed by atoms with E-state index in [1.807, 2.05) is 44.2 Å². The van der Waals surface area contributed by atoms with Gasteiger partial charge in [0.25, 0.3) is 5.91 Å². The van der Waals surface area contributed by atoms with E-state index < -0.39 is 11.9 Å². The van der Waals surface area contributed by atoms with E-state index >= 15 is 0 Å². The third kappa shape index (κ3) is 8.79. The van der Waals surface area contributed by atoms with Gasteiger partial charge in [0, 0.05) is 24.2 Å². The molecule has 0 aromatic heterocycles. The molecule has 0 aliphatic heterocycles. The molecule has 3 aromatic carbocycles. The van der Waals surface area contributed by atoms with Gasteiger partial charge in [-0.2, -0.15) is 0 Å². The number of nitrogens with one attached hydrogen (secondary N) is 2. The molecule has 0 fully saturated rings. The van der Waals surface area contributed by atoms with Gasteiger partial charge in [-0.1, -0.05) is 29.8 Å². The first-order valence-corrected chi connectivity index (χ1v) is 11.5. The van der Waals surface area contributed by atoms with Crippen molar-refractivity contribution in [2.45, 2.75) is 33.1 Å². The predicted octanol–water partition coefficient (Wildman–Crippen LogP) is 6.04. The molecule has 0 atom stereocenters. The van der Waals surface area contributed by atoms with Crippen LogP contribution in [-0.2, 0) is 19.1 Å². The second kappa shape index (κ2) is 12.6. The van der Waals surface area contributed by atoms with Crippen LogP contribution in [0.4, 0.5) is 11.4 Å². The molecular weight excluding hydrogens is 468 g/mol. The van der Waals surface area contributed by atoms with Gasteiger partial charge in [0.1, 0.15) is 11.5 Å². The molecule has 0 saturated heterocycles. The number of esters is 1. The number of ether oxygens (including phenoxy) is 2. The van der Waals surface area contributed by atoms with E-state index in [0.29, 0.717) is 34.3 Å². The van der Waals surface area contributed by atoms with Crippen molar-refractivity contribution in [1.82, 2.24) is 0 Å². The van der Waals surface area contributed by atoms with Gasteiger partial charge in [0.15, 0.2) is 6.61 Å². The normalized spacial score (nSPS) is 10.4. The van der Waals surface area contributed by atoms with Crippen molar-refractivity contribution < 1.29 is 23.9 Å². The van der Waals surface area contributed by atoms with Gasteiger partial charge in [-0.3, -0.25) is 14.4 Å². The third-order valence-electron chi connectivity index (χ3n) is 4.86. The molecule has 0 radical (unpaired) electrons. The number of carbonyl (C=O) groups is 3. The Kier molecular flexibility index (Phi) is 9.26. The van der Waals surface area contributed by atoms with Crippen LogP contribution in [0.1, 0.15) is 30.4 Å². The maximum absolute atomic E-state index is 12.2. The molecule has 0 aliphatic rings. The first-order valence-electron chi connectivity index (χ1n) is 11.1. The van der Waals surface area contributed by atoms with Crippen LogP contribution in [0.2, 0.25) is 5.02 Å². The minimum absolute atomic E-state index is 0.0366. The molecule has 35 heavy (non-hydrogen) atoms. The van der Waals surface area contributed by atoms with E-state index in [2.05, 4.69) is 10.6 Å². The Balaban J connectivity index is 1.34. The van der Waals surface area contributed by atoms with Crippen molar-refractivity contribution >= 4 is 40.8 Å². The van der Waals surface area contributed by atoms with Crippen LogP contribution >= 0.6 is 11.6 Å². The fraction of sp³-hybridized carbons (Fsp3) is 0.222. The molecule has 0 saturated carbocycles. The Bertz CT molecular complexity index is 1170. The zero-order valence-corrected chi connectivity index (χ0v) is 20.4. The maximum atomic E-state index is 12.2. The second-order valence-corrected chi connectivity index (χ2v) is 8.45. The lowest BCUT2D eigenvalue weighted by atomic mass is 10.1. The lowest BCUT2D eigenvalue weighted by molar-refractivity contribution is -0.147. The number of halogens is 1. The van der Waals surface area contributed by atoms with E-state index in [9.17, 15) is 14.4 Å². The zero-order chi connectivity index (χ0) is 25.2. The Labute approximate surface area is 209 Å². The minimum Gasteiger partial charge on any atom is -0.456 e. The molecule has 3 aromatic rings. The summed E-state index contributed by atoms with van der Waals surface area (Å²) >= 11 is 6.09. The Morgan fingerprint density at radius 2 is 1.46 bits per heavy atom. The number of amides is 2. The van der Waals surface area contributed by atoms with Crippen LogP contribution in [-0.4, -0.2) is 24.4 Å². The van der Waals surface area contributed by atoms with Crippen LogP contribution in [0.25, 0.3) is 0 Å². The number of benzene rings is 3. The summed E-state index contributed by atoms with van der Waals surface area (Å²) in [5, 5.41) is 5.98. The monoisotopic (exact) mass is 494 g/mol. The van der Waals surface area contributed by atoms with Gasteiger partial charge in [0.05, 0.1) is 5.02 Å². The molecule has 0 spiro atoms. The molecule has 0 aliphatic carbocycles. The van der Waals surface area contributed by atoms with Crippen LogP contribution in [0.3, 0.4) is 0 Å². The Morgan fingerprint density at radius 3 is 2.14 bits per heavy atom. The third-order valence-corrected chi connectivity index (χ3v) is 5.17. The summed E-state index contributed by atoms with van der Waals surface area (Å²) in [6.07, 6.45) is 0.480. The highest BCUT2D eigenvalue weighted by Gasteiger charge is 2.10. The summed E-state index contributed by atoms with van der Waals surface area (Å²) < 4.78 is 10.7. The molecular formula is C27H27ClN2O5. The summed E-state index contributed by atoms with van der Waals surface area (Å²) in [6, 6.07) is 19.7. The lowest BCUT2D eigenvalue weighted by Crippen LogP contribution is -2.21. The van der Waals surface area contributed by atoms with Crippen molar-refractivity contribution in [1.29, 1.82) is 0 Å². The molecule has 2 N–H and O–H groups in total. The van der Waals surface area contributed by atoms with Crippen molar-refractivity contribution in [3.63, 3.8) is 0 Å². The molecule has 0 heterocycles. The number of hydrogen-bond donors (Lipinski definition) is 2. The molecule has 3 rings (SSSR count). The van der Waals surface area contributed by atoms with E-state index in [1.165, 1.54) is 0 Å². The zero-order valence-electron chi connectivity index (χ0n) is 19.6. The van der Waals surface area contributed by atoms with Gasteiger partial charge in [-0.15, -0.1) is 0 Å². The van der Waals surface area contributed by atoms with Crippen molar-refractivity contribution in [3.05, 3.63) is 82.9 Å². The highest BCUT2D eigenvalue weighted by atomic mass is 35.5. The summed E-state index contributed by atoms with van der Waals surface area (Å²) in [5.74, 6) is -0.0522. The largest absolute Gasteiger partial charge is 0.456 e. The highest BCUT2D eigenvalue weighted by molar-refractivity contribution is 6.32. The number of rotatable bonds is 10. The summed E-state index contributed by atoms with van der Waals surface area (Å²) in [4.78, 5) is 36.1. The number of aryl methyl sites for hydroxylation is 2. The summed E-state index contributed by atoms with van der Waals surface area (Å²) in [5.41, 5.74) is 3.31. The van der Waals surface area contributed by atoms with Crippen LogP contribution in [0.5, 0.6) is 11.5 Å². The molecule has 8 heteroatoms. The van der Waals surface area contributed by atoms with Gasteiger partial charge in [-0.25, -0.2) is 0 Å². The Hall–Kier alpha value is -3.84. The fourth-order valence-corrected chi connectivity index (χ4v) is 3.51. The minimum atomic E-state index is -0.533. The van der Waals surface area contributed by atoms with E-state index in [-0.39, 0.29) is 25.4 Å². The van der Waals surface area contributed by atoms with Crippen molar-refractivity contribution in [2.24, 2.45) is 0 Å². The summed E-state index contributed by atoms with van der Waals surface area (Å²) in [6.45, 7) is 3.50. The SMILES string of the molecule is Cc1cc(C)cc(NC(=O)COC(=O)CCCC(=O)Nc2ccc(Oc3ccccc3Cl)cc2)c1. The molecule has 0 unspecified atom stereocenters.